The number of methoxy groups -OCH3 is 2. The minimum Gasteiger partial charge on any atom is -0.507 e. The molecule has 4 rings (SSSR count). The summed E-state index contributed by atoms with van der Waals surface area (Å²) in [6.45, 7) is 1.90. The van der Waals surface area contributed by atoms with Crippen LogP contribution in [0.5, 0.6) is 11.5 Å². The molecule has 0 saturated carbocycles. The fourth-order valence-electron chi connectivity index (χ4n) is 3.70. The maximum Gasteiger partial charge on any atom is 0.301 e. The molecule has 1 aliphatic rings. The zero-order valence-corrected chi connectivity index (χ0v) is 18.9. The number of aromatic nitrogens is 2. The summed E-state index contributed by atoms with van der Waals surface area (Å²) in [6, 6.07) is 8.94. The number of halogens is 1. The molecule has 1 saturated heterocycles. The molecule has 1 amide bonds. The van der Waals surface area contributed by atoms with Gasteiger partial charge in [-0.25, -0.2) is 4.39 Å². The molecule has 0 radical (unpaired) electrons. The normalized spacial score (nSPS) is 17.5. The number of Topliss-reactive ketones (excluding diaryl/α,β-unsaturated/α-hetero) is 1. The Labute approximate surface area is 192 Å². The van der Waals surface area contributed by atoms with Gasteiger partial charge in [-0.2, -0.15) is 0 Å². The third-order valence-electron chi connectivity index (χ3n) is 5.25. The summed E-state index contributed by atoms with van der Waals surface area (Å²) in [5.41, 5.74) is 0.423. The van der Waals surface area contributed by atoms with Crippen molar-refractivity contribution in [3.05, 3.63) is 70.0 Å². The molecule has 2 aromatic carbocycles. The van der Waals surface area contributed by atoms with E-state index in [-0.39, 0.29) is 16.3 Å². The summed E-state index contributed by atoms with van der Waals surface area (Å²) >= 11 is 1.17. The van der Waals surface area contributed by atoms with Gasteiger partial charge in [-0.15, -0.1) is 10.2 Å². The number of ether oxygens (including phenoxy) is 2. The number of hydrogen-bond donors (Lipinski definition) is 1. The molecule has 1 aliphatic heterocycles. The molecular formula is C23H20FN3O5S. The van der Waals surface area contributed by atoms with Crippen molar-refractivity contribution < 1.29 is 28.6 Å². The molecule has 2 heterocycles. The molecule has 0 aliphatic carbocycles. The van der Waals surface area contributed by atoms with E-state index in [1.54, 1.807) is 18.2 Å². The van der Waals surface area contributed by atoms with Gasteiger partial charge in [0.15, 0.2) is 11.5 Å². The summed E-state index contributed by atoms with van der Waals surface area (Å²) in [5.74, 6) is -2.03. The first-order valence-corrected chi connectivity index (χ1v) is 10.8. The topological polar surface area (TPSA) is 102 Å². The lowest BCUT2D eigenvalue weighted by atomic mass is 9.94. The molecule has 1 fully saturated rings. The number of amides is 1. The Balaban J connectivity index is 1.99. The summed E-state index contributed by atoms with van der Waals surface area (Å²) in [5, 5.41) is 20.2. The van der Waals surface area contributed by atoms with Gasteiger partial charge in [-0.1, -0.05) is 30.4 Å². The number of carbonyl (C=O) groups is 2. The van der Waals surface area contributed by atoms with E-state index in [0.29, 0.717) is 28.5 Å². The lowest BCUT2D eigenvalue weighted by Gasteiger charge is -2.25. The number of para-hydroxylation sites is 1. The number of hydrogen-bond acceptors (Lipinski definition) is 8. The Hall–Kier alpha value is -3.79. The SMILES string of the molecule is CCc1nnc(N2C(=O)C(=O)/C(=C(/O)c3ccc(F)cc3)C2c2cccc(OC)c2OC)s1. The highest BCUT2D eigenvalue weighted by molar-refractivity contribution is 7.15. The van der Waals surface area contributed by atoms with Crippen molar-refractivity contribution in [1.29, 1.82) is 0 Å². The Morgan fingerprint density at radius 1 is 1.12 bits per heavy atom. The summed E-state index contributed by atoms with van der Waals surface area (Å²) in [6.07, 6.45) is 0.602. The van der Waals surface area contributed by atoms with Gasteiger partial charge in [0.1, 0.15) is 22.6 Å². The predicted molar refractivity (Wildman–Crippen MR) is 120 cm³/mol. The quantitative estimate of drug-likeness (QED) is 0.332. The predicted octanol–water partition coefficient (Wildman–Crippen LogP) is 3.88. The van der Waals surface area contributed by atoms with Crippen LogP contribution in [0.4, 0.5) is 9.52 Å². The minimum absolute atomic E-state index is 0.175. The average Bonchev–Trinajstić information content (AvgIpc) is 3.40. The molecule has 1 atom stereocenters. The van der Waals surface area contributed by atoms with E-state index in [1.165, 1.54) is 42.6 Å². The van der Waals surface area contributed by atoms with Gasteiger partial charge in [0.05, 0.1) is 19.8 Å². The monoisotopic (exact) mass is 469 g/mol. The van der Waals surface area contributed by atoms with Crippen LogP contribution in [0.25, 0.3) is 5.76 Å². The van der Waals surface area contributed by atoms with Crippen LogP contribution < -0.4 is 14.4 Å². The van der Waals surface area contributed by atoms with Gasteiger partial charge < -0.3 is 14.6 Å². The second-order valence-corrected chi connectivity index (χ2v) is 8.13. The molecule has 0 spiro atoms. The second-order valence-electron chi connectivity index (χ2n) is 7.09. The van der Waals surface area contributed by atoms with Crippen molar-refractivity contribution in [3.63, 3.8) is 0 Å². The number of ketones is 1. The van der Waals surface area contributed by atoms with Crippen LogP contribution in [-0.4, -0.2) is 41.2 Å². The molecule has 10 heteroatoms. The number of anilines is 1. The Bertz CT molecular complexity index is 1260. The molecule has 0 bridgehead atoms. The number of aliphatic hydroxyl groups excluding tert-OH is 1. The average molecular weight is 469 g/mol. The van der Waals surface area contributed by atoms with E-state index < -0.39 is 29.3 Å². The van der Waals surface area contributed by atoms with Gasteiger partial charge in [0.2, 0.25) is 5.13 Å². The number of carbonyl (C=O) groups excluding carboxylic acids is 2. The van der Waals surface area contributed by atoms with Crippen molar-refractivity contribution in [2.24, 2.45) is 0 Å². The van der Waals surface area contributed by atoms with E-state index in [9.17, 15) is 19.1 Å². The lowest BCUT2D eigenvalue weighted by Crippen LogP contribution is -2.29. The number of aryl methyl sites for hydroxylation is 1. The van der Waals surface area contributed by atoms with Crippen LogP contribution in [-0.2, 0) is 16.0 Å². The Morgan fingerprint density at radius 3 is 2.45 bits per heavy atom. The fourth-order valence-corrected chi connectivity index (χ4v) is 4.50. The minimum atomic E-state index is -1.07. The lowest BCUT2D eigenvalue weighted by molar-refractivity contribution is -0.132. The van der Waals surface area contributed by atoms with E-state index in [0.717, 1.165) is 12.1 Å². The second kappa shape index (κ2) is 8.99. The number of benzene rings is 2. The summed E-state index contributed by atoms with van der Waals surface area (Å²) in [7, 11) is 2.91. The molecule has 3 aromatic rings. The van der Waals surface area contributed by atoms with Crippen molar-refractivity contribution in [3.8, 4) is 11.5 Å². The van der Waals surface area contributed by atoms with Crippen LogP contribution in [0.2, 0.25) is 0 Å². The molecule has 33 heavy (non-hydrogen) atoms. The van der Waals surface area contributed by atoms with Crippen molar-refractivity contribution in [2.45, 2.75) is 19.4 Å². The number of aliphatic hydroxyl groups is 1. The number of rotatable bonds is 6. The molecule has 8 nitrogen and oxygen atoms in total. The van der Waals surface area contributed by atoms with Crippen LogP contribution in [0, 0.1) is 5.82 Å². The third kappa shape index (κ3) is 3.82. The van der Waals surface area contributed by atoms with Crippen molar-refractivity contribution in [1.82, 2.24) is 10.2 Å². The zero-order valence-electron chi connectivity index (χ0n) is 18.0. The Morgan fingerprint density at radius 2 is 1.85 bits per heavy atom. The Kier molecular flexibility index (Phi) is 6.10. The van der Waals surface area contributed by atoms with Gasteiger partial charge in [0.25, 0.3) is 5.78 Å². The highest BCUT2D eigenvalue weighted by Gasteiger charge is 2.49. The van der Waals surface area contributed by atoms with Crippen LogP contribution in [0.1, 0.15) is 29.1 Å². The van der Waals surface area contributed by atoms with E-state index >= 15 is 0 Å². The zero-order chi connectivity index (χ0) is 23.7. The number of nitrogens with zero attached hydrogens (tertiary/aromatic N) is 3. The van der Waals surface area contributed by atoms with Crippen LogP contribution in [0.3, 0.4) is 0 Å². The van der Waals surface area contributed by atoms with Crippen LogP contribution >= 0.6 is 11.3 Å². The van der Waals surface area contributed by atoms with Gasteiger partial charge in [-0.05, 0) is 36.8 Å². The van der Waals surface area contributed by atoms with Gasteiger partial charge in [-0.3, -0.25) is 14.5 Å². The molecule has 1 unspecified atom stereocenters. The summed E-state index contributed by atoms with van der Waals surface area (Å²) < 4.78 is 24.4. The molecular weight excluding hydrogens is 449 g/mol. The van der Waals surface area contributed by atoms with E-state index in [1.807, 2.05) is 6.92 Å². The standard InChI is InChI=1S/C23H20FN3O5S/c1-4-16-25-26-23(33-16)27-18(14-6-5-7-15(31-2)21(14)32-3)17(20(29)22(27)30)19(28)12-8-10-13(24)11-9-12/h5-11,18,28H,4H2,1-3H3/b19-17+. The molecule has 1 N–H and O–H groups in total. The van der Waals surface area contributed by atoms with E-state index in [2.05, 4.69) is 10.2 Å². The molecule has 1 aromatic heterocycles. The van der Waals surface area contributed by atoms with Crippen molar-refractivity contribution in [2.75, 3.05) is 19.1 Å². The van der Waals surface area contributed by atoms with Gasteiger partial charge >= 0.3 is 5.91 Å². The maximum atomic E-state index is 13.4. The fraction of sp³-hybridized carbons (Fsp3) is 0.217. The summed E-state index contributed by atoms with van der Waals surface area (Å²) in [4.78, 5) is 27.6. The smallest absolute Gasteiger partial charge is 0.301 e. The highest BCUT2D eigenvalue weighted by Crippen LogP contribution is 2.47. The maximum absolute atomic E-state index is 13.4. The largest absolute Gasteiger partial charge is 0.507 e. The first-order chi connectivity index (χ1) is 15.9. The van der Waals surface area contributed by atoms with E-state index in [4.69, 9.17) is 9.47 Å². The first-order valence-electron chi connectivity index (χ1n) is 10.0. The van der Waals surface area contributed by atoms with Crippen LogP contribution in [0.15, 0.2) is 48.0 Å². The first kappa shape index (κ1) is 22.4. The highest BCUT2D eigenvalue weighted by atomic mass is 32.1. The van der Waals surface area contributed by atoms with Gasteiger partial charge in [0, 0.05) is 11.1 Å². The molecule has 170 valence electrons. The van der Waals surface area contributed by atoms with Crippen molar-refractivity contribution >= 4 is 33.9 Å². The third-order valence-corrected chi connectivity index (χ3v) is 6.32.